The van der Waals surface area contributed by atoms with E-state index in [1.807, 2.05) is 18.3 Å². The van der Waals surface area contributed by atoms with E-state index in [4.69, 9.17) is 0 Å². The van der Waals surface area contributed by atoms with Gasteiger partial charge < -0.3 is 4.90 Å². The van der Waals surface area contributed by atoms with Gasteiger partial charge in [-0.15, -0.1) is 0 Å². The van der Waals surface area contributed by atoms with Gasteiger partial charge in [0, 0.05) is 30.8 Å². The minimum atomic E-state index is 0.447. The Bertz CT molecular complexity index is 797. The van der Waals surface area contributed by atoms with Gasteiger partial charge in [0.15, 0.2) is 0 Å². The van der Waals surface area contributed by atoms with Crippen LogP contribution in [0.15, 0.2) is 72.9 Å². The molecule has 1 aromatic heterocycles. The van der Waals surface area contributed by atoms with Gasteiger partial charge in [0.05, 0.1) is 5.69 Å². The summed E-state index contributed by atoms with van der Waals surface area (Å²) in [5.74, 6) is 0.447. The van der Waals surface area contributed by atoms with Crippen molar-refractivity contribution in [1.29, 1.82) is 0 Å². The molecule has 0 fully saturated rings. The van der Waals surface area contributed by atoms with Crippen LogP contribution in [0, 0.1) is 0 Å². The Morgan fingerprint density at radius 3 is 2.57 bits per heavy atom. The molecule has 0 unspecified atom stereocenters. The average Bonchev–Trinajstić information content (AvgIpc) is 2.62. The first-order chi connectivity index (χ1) is 11.3. The molecule has 2 aromatic carbocycles. The number of benzene rings is 2. The molecular weight excluding hydrogens is 280 g/mol. The SMILES string of the molecule is CN1Cc2cc(-c3ccccn3)ccc2[C@H](c2ccccc2)C1. The first-order valence-electron chi connectivity index (χ1n) is 8.09. The Balaban J connectivity index is 1.77. The summed E-state index contributed by atoms with van der Waals surface area (Å²) in [6.07, 6.45) is 1.85. The summed E-state index contributed by atoms with van der Waals surface area (Å²) < 4.78 is 0. The molecule has 23 heavy (non-hydrogen) atoms. The second kappa shape index (κ2) is 5.98. The van der Waals surface area contributed by atoms with E-state index in [-0.39, 0.29) is 0 Å². The van der Waals surface area contributed by atoms with E-state index in [0.29, 0.717) is 5.92 Å². The largest absolute Gasteiger partial charge is 0.301 e. The van der Waals surface area contributed by atoms with E-state index >= 15 is 0 Å². The average molecular weight is 300 g/mol. The fourth-order valence-corrected chi connectivity index (χ4v) is 3.51. The quantitative estimate of drug-likeness (QED) is 0.700. The summed E-state index contributed by atoms with van der Waals surface area (Å²) in [4.78, 5) is 6.89. The molecular formula is C21H20N2. The summed E-state index contributed by atoms with van der Waals surface area (Å²) >= 11 is 0. The molecule has 2 heterocycles. The smallest absolute Gasteiger partial charge is 0.0702 e. The van der Waals surface area contributed by atoms with Crippen LogP contribution in [0.4, 0.5) is 0 Å². The Labute approximate surface area is 137 Å². The zero-order chi connectivity index (χ0) is 15.6. The maximum Gasteiger partial charge on any atom is 0.0702 e. The number of hydrogen-bond donors (Lipinski definition) is 0. The second-order valence-electron chi connectivity index (χ2n) is 6.29. The van der Waals surface area contributed by atoms with Crippen LogP contribution < -0.4 is 0 Å². The molecule has 0 aliphatic carbocycles. The lowest BCUT2D eigenvalue weighted by molar-refractivity contribution is 0.295. The molecule has 1 aliphatic heterocycles. The number of aromatic nitrogens is 1. The molecule has 0 saturated heterocycles. The minimum absolute atomic E-state index is 0.447. The predicted molar refractivity (Wildman–Crippen MR) is 94.3 cm³/mol. The van der Waals surface area contributed by atoms with Crippen molar-refractivity contribution in [1.82, 2.24) is 9.88 Å². The lowest BCUT2D eigenvalue weighted by atomic mass is 9.84. The molecule has 0 radical (unpaired) electrons. The van der Waals surface area contributed by atoms with Gasteiger partial charge in [-0.1, -0.05) is 48.5 Å². The van der Waals surface area contributed by atoms with Crippen LogP contribution in [0.25, 0.3) is 11.3 Å². The summed E-state index contributed by atoms with van der Waals surface area (Å²) in [6.45, 7) is 2.07. The van der Waals surface area contributed by atoms with Crippen LogP contribution in [0.1, 0.15) is 22.6 Å². The highest BCUT2D eigenvalue weighted by Gasteiger charge is 2.24. The highest BCUT2D eigenvalue weighted by molar-refractivity contribution is 5.62. The second-order valence-corrected chi connectivity index (χ2v) is 6.29. The Hall–Kier alpha value is -2.45. The molecule has 114 valence electrons. The first-order valence-corrected chi connectivity index (χ1v) is 8.09. The standard InChI is InChI=1S/C21H20N2/c1-23-14-18-13-17(21-9-5-6-12-22-21)10-11-19(18)20(15-23)16-7-3-2-4-8-16/h2-13,20H,14-15H2,1H3/t20-/m0/s1. The van der Waals surface area contributed by atoms with E-state index in [9.17, 15) is 0 Å². The molecule has 0 N–H and O–H groups in total. The monoisotopic (exact) mass is 300 g/mol. The molecule has 1 aliphatic rings. The molecule has 2 nitrogen and oxygen atoms in total. The highest BCUT2D eigenvalue weighted by atomic mass is 15.1. The van der Waals surface area contributed by atoms with Crippen molar-refractivity contribution in [3.05, 3.63) is 89.6 Å². The Morgan fingerprint density at radius 1 is 0.957 bits per heavy atom. The van der Waals surface area contributed by atoms with Crippen LogP contribution in [0.2, 0.25) is 0 Å². The van der Waals surface area contributed by atoms with Crippen LogP contribution in [-0.2, 0) is 6.54 Å². The fraction of sp³-hybridized carbons (Fsp3) is 0.190. The molecule has 3 aromatic rings. The van der Waals surface area contributed by atoms with E-state index in [2.05, 4.69) is 71.5 Å². The van der Waals surface area contributed by atoms with Crippen molar-refractivity contribution in [2.45, 2.75) is 12.5 Å². The molecule has 0 spiro atoms. The maximum atomic E-state index is 4.48. The normalized spacial score (nSPS) is 17.7. The lowest BCUT2D eigenvalue weighted by Gasteiger charge is -2.33. The van der Waals surface area contributed by atoms with Crippen molar-refractivity contribution in [3.63, 3.8) is 0 Å². The zero-order valence-corrected chi connectivity index (χ0v) is 13.3. The molecule has 0 bridgehead atoms. The third-order valence-electron chi connectivity index (χ3n) is 4.62. The summed E-state index contributed by atoms with van der Waals surface area (Å²) in [5, 5.41) is 0. The van der Waals surface area contributed by atoms with Gasteiger partial charge in [0.1, 0.15) is 0 Å². The van der Waals surface area contributed by atoms with E-state index in [0.717, 1.165) is 18.8 Å². The third-order valence-corrected chi connectivity index (χ3v) is 4.62. The summed E-state index contributed by atoms with van der Waals surface area (Å²) in [5.41, 5.74) is 6.50. The van der Waals surface area contributed by atoms with Gasteiger partial charge >= 0.3 is 0 Å². The fourth-order valence-electron chi connectivity index (χ4n) is 3.51. The van der Waals surface area contributed by atoms with E-state index < -0.39 is 0 Å². The number of nitrogens with zero attached hydrogens (tertiary/aromatic N) is 2. The topological polar surface area (TPSA) is 16.1 Å². The van der Waals surface area contributed by atoms with Crippen LogP contribution in [-0.4, -0.2) is 23.5 Å². The molecule has 0 saturated carbocycles. The summed E-state index contributed by atoms with van der Waals surface area (Å²) in [6, 6.07) is 23.7. The predicted octanol–water partition coefficient (Wildman–Crippen LogP) is 4.33. The summed E-state index contributed by atoms with van der Waals surface area (Å²) in [7, 11) is 2.20. The molecule has 1 atom stereocenters. The number of likely N-dealkylation sites (N-methyl/N-ethyl adjacent to an activating group) is 1. The number of pyridine rings is 1. The van der Waals surface area contributed by atoms with Crippen molar-refractivity contribution in [2.75, 3.05) is 13.6 Å². The van der Waals surface area contributed by atoms with Gasteiger partial charge in [-0.2, -0.15) is 0 Å². The van der Waals surface area contributed by atoms with Gasteiger partial charge in [0.2, 0.25) is 0 Å². The van der Waals surface area contributed by atoms with Crippen molar-refractivity contribution >= 4 is 0 Å². The van der Waals surface area contributed by atoms with Gasteiger partial charge in [-0.05, 0) is 41.9 Å². The number of rotatable bonds is 2. The third kappa shape index (κ3) is 2.78. The van der Waals surface area contributed by atoms with Crippen molar-refractivity contribution < 1.29 is 0 Å². The van der Waals surface area contributed by atoms with E-state index in [1.54, 1.807) is 0 Å². The first kappa shape index (κ1) is 14.2. The Morgan fingerprint density at radius 2 is 1.78 bits per heavy atom. The van der Waals surface area contributed by atoms with Crippen LogP contribution >= 0.6 is 0 Å². The van der Waals surface area contributed by atoms with E-state index in [1.165, 1.54) is 22.3 Å². The van der Waals surface area contributed by atoms with Gasteiger partial charge in [0.25, 0.3) is 0 Å². The minimum Gasteiger partial charge on any atom is -0.301 e. The number of hydrogen-bond acceptors (Lipinski definition) is 2. The number of fused-ring (bicyclic) bond motifs is 1. The van der Waals surface area contributed by atoms with Crippen LogP contribution in [0.3, 0.4) is 0 Å². The molecule has 2 heteroatoms. The highest BCUT2D eigenvalue weighted by Crippen LogP contribution is 2.34. The molecule has 0 amide bonds. The zero-order valence-electron chi connectivity index (χ0n) is 13.3. The van der Waals surface area contributed by atoms with Crippen molar-refractivity contribution in [3.8, 4) is 11.3 Å². The van der Waals surface area contributed by atoms with Gasteiger partial charge in [-0.25, -0.2) is 0 Å². The van der Waals surface area contributed by atoms with Crippen molar-refractivity contribution in [2.24, 2.45) is 0 Å². The van der Waals surface area contributed by atoms with Gasteiger partial charge in [-0.3, -0.25) is 4.98 Å². The van der Waals surface area contributed by atoms with Crippen LogP contribution in [0.5, 0.6) is 0 Å². The molecule has 4 rings (SSSR count). The Kier molecular flexibility index (Phi) is 3.68. The lowest BCUT2D eigenvalue weighted by Crippen LogP contribution is -2.30. The maximum absolute atomic E-state index is 4.48.